The van der Waals surface area contributed by atoms with Crippen molar-refractivity contribution in [3.05, 3.63) is 28.8 Å². The Morgan fingerprint density at radius 1 is 1.16 bits per heavy atom. The number of carbonyl (C=O) groups excluding carboxylic acids is 1. The van der Waals surface area contributed by atoms with E-state index in [0.29, 0.717) is 5.56 Å². The number of benzene rings is 1. The van der Waals surface area contributed by atoms with Crippen LogP contribution < -0.4 is 4.74 Å². The molecule has 1 aromatic carbocycles. The highest BCUT2D eigenvalue weighted by molar-refractivity contribution is 5.99. The summed E-state index contributed by atoms with van der Waals surface area (Å²) in [6.45, 7) is 7.65. The number of carboxylic acid groups (broad SMARTS) is 1. The first-order valence-corrected chi connectivity index (χ1v) is 6.34. The molecule has 104 valence electrons. The molecule has 0 amide bonds. The molecule has 4 nitrogen and oxygen atoms in total. The normalized spacial score (nSPS) is 10.6. The average molecular weight is 264 g/mol. The topological polar surface area (TPSA) is 63.6 Å². The van der Waals surface area contributed by atoms with E-state index in [1.165, 1.54) is 0 Å². The van der Waals surface area contributed by atoms with Crippen molar-refractivity contribution >= 4 is 11.8 Å². The molecule has 19 heavy (non-hydrogen) atoms. The molecule has 1 rings (SSSR count). The van der Waals surface area contributed by atoms with Crippen molar-refractivity contribution in [2.45, 2.75) is 46.6 Å². The van der Waals surface area contributed by atoms with Crippen molar-refractivity contribution in [2.75, 3.05) is 0 Å². The predicted molar refractivity (Wildman–Crippen MR) is 72.9 cm³/mol. The lowest BCUT2D eigenvalue weighted by molar-refractivity contribution is -0.136. The van der Waals surface area contributed by atoms with Gasteiger partial charge >= 0.3 is 5.97 Å². The van der Waals surface area contributed by atoms with Crippen LogP contribution in [-0.4, -0.2) is 23.0 Å². The average Bonchev–Trinajstić information content (AvgIpc) is 2.31. The molecule has 0 aliphatic rings. The molecule has 0 fully saturated rings. The van der Waals surface area contributed by atoms with Gasteiger partial charge in [0.1, 0.15) is 5.75 Å². The maximum atomic E-state index is 12.0. The number of carbonyl (C=O) groups is 2. The summed E-state index contributed by atoms with van der Waals surface area (Å²) in [6.07, 6.45) is -0.0339. The van der Waals surface area contributed by atoms with Crippen LogP contribution in [0.4, 0.5) is 0 Å². The van der Waals surface area contributed by atoms with Crippen LogP contribution in [-0.2, 0) is 4.79 Å². The Bertz CT molecular complexity index is 489. The predicted octanol–water partition coefficient (Wildman–Crippen LogP) is 3.14. The van der Waals surface area contributed by atoms with Crippen LogP contribution >= 0.6 is 0 Å². The lowest BCUT2D eigenvalue weighted by Gasteiger charge is -2.16. The molecule has 0 saturated heterocycles. The van der Waals surface area contributed by atoms with Crippen LogP contribution in [0.2, 0.25) is 0 Å². The monoisotopic (exact) mass is 264 g/mol. The van der Waals surface area contributed by atoms with E-state index in [0.717, 1.165) is 16.9 Å². The SMILES string of the molecule is Cc1c(OC(C)C)ccc(C(=O)CCC(=O)O)c1C. The number of ketones is 1. The van der Waals surface area contributed by atoms with Crippen molar-refractivity contribution in [1.29, 1.82) is 0 Å². The van der Waals surface area contributed by atoms with Crippen LogP contribution in [0.3, 0.4) is 0 Å². The number of ether oxygens (including phenoxy) is 1. The van der Waals surface area contributed by atoms with Crippen molar-refractivity contribution < 1.29 is 19.4 Å². The number of Topliss-reactive ketones (excluding diaryl/α,β-unsaturated/α-hetero) is 1. The molecule has 0 spiro atoms. The van der Waals surface area contributed by atoms with Crippen LogP contribution in [0.5, 0.6) is 5.75 Å². The fourth-order valence-electron chi connectivity index (χ4n) is 1.83. The van der Waals surface area contributed by atoms with Gasteiger partial charge in [0.05, 0.1) is 12.5 Å². The van der Waals surface area contributed by atoms with Gasteiger partial charge in [0.25, 0.3) is 0 Å². The van der Waals surface area contributed by atoms with Gasteiger partial charge in [-0.15, -0.1) is 0 Å². The zero-order chi connectivity index (χ0) is 14.6. The first-order chi connectivity index (χ1) is 8.82. The third kappa shape index (κ3) is 4.09. The maximum absolute atomic E-state index is 12.0. The molecule has 0 aliphatic carbocycles. The van der Waals surface area contributed by atoms with Crippen molar-refractivity contribution in [2.24, 2.45) is 0 Å². The minimum Gasteiger partial charge on any atom is -0.491 e. The molecule has 0 saturated carbocycles. The minimum absolute atomic E-state index is 0.0278. The molecule has 0 bridgehead atoms. The van der Waals surface area contributed by atoms with E-state index in [4.69, 9.17) is 9.84 Å². The van der Waals surface area contributed by atoms with Gasteiger partial charge in [0, 0.05) is 12.0 Å². The smallest absolute Gasteiger partial charge is 0.303 e. The molecule has 0 atom stereocenters. The highest BCUT2D eigenvalue weighted by atomic mass is 16.5. The van der Waals surface area contributed by atoms with E-state index in [9.17, 15) is 9.59 Å². The van der Waals surface area contributed by atoms with E-state index in [2.05, 4.69) is 0 Å². The van der Waals surface area contributed by atoms with Gasteiger partial charge in [-0.25, -0.2) is 0 Å². The summed E-state index contributed by atoms with van der Waals surface area (Å²) in [7, 11) is 0. The Labute approximate surface area is 113 Å². The Kier molecular flexibility index (Phi) is 5.10. The van der Waals surface area contributed by atoms with Crippen molar-refractivity contribution in [1.82, 2.24) is 0 Å². The highest BCUT2D eigenvalue weighted by Crippen LogP contribution is 2.26. The lowest BCUT2D eigenvalue weighted by atomic mass is 9.97. The van der Waals surface area contributed by atoms with Crippen LogP contribution in [0, 0.1) is 13.8 Å². The number of aliphatic carboxylic acids is 1. The second-order valence-corrected chi connectivity index (χ2v) is 4.84. The first-order valence-electron chi connectivity index (χ1n) is 6.34. The summed E-state index contributed by atoms with van der Waals surface area (Å²) >= 11 is 0. The van der Waals surface area contributed by atoms with Gasteiger partial charge in [0.2, 0.25) is 0 Å². The third-order valence-electron chi connectivity index (χ3n) is 2.97. The molecule has 0 heterocycles. The summed E-state index contributed by atoms with van der Waals surface area (Å²) in [6, 6.07) is 3.49. The fraction of sp³-hybridized carbons (Fsp3) is 0.467. The van der Waals surface area contributed by atoms with Crippen molar-refractivity contribution in [3.63, 3.8) is 0 Å². The largest absolute Gasteiger partial charge is 0.491 e. The second kappa shape index (κ2) is 6.36. The molecule has 1 N–H and O–H groups in total. The summed E-state index contributed by atoms with van der Waals surface area (Å²) in [5.74, 6) is -0.330. The molecule has 0 radical (unpaired) electrons. The van der Waals surface area contributed by atoms with Crippen LogP contribution in [0.15, 0.2) is 12.1 Å². The summed E-state index contributed by atoms with van der Waals surface area (Å²) in [5.41, 5.74) is 2.36. The van der Waals surface area contributed by atoms with Gasteiger partial charge in [0.15, 0.2) is 5.78 Å². The summed E-state index contributed by atoms with van der Waals surface area (Å²) in [5, 5.41) is 8.60. The molecule has 4 heteroatoms. The second-order valence-electron chi connectivity index (χ2n) is 4.84. The molecule has 0 aromatic heterocycles. The first kappa shape index (κ1) is 15.2. The van der Waals surface area contributed by atoms with Gasteiger partial charge in [-0.3, -0.25) is 9.59 Å². The van der Waals surface area contributed by atoms with E-state index in [1.54, 1.807) is 12.1 Å². The number of carboxylic acids is 1. The van der Waals surface area contributed by atoms with Gasteiger partial charge in [-0.05, 0) is 51.0 Å². The lowest BCUT2D eigenvalue weighted by Crippen LogP contribution is -2.10. The number of hydrogen-bond donors (Lipinski definition) is 1. The molecule has 1 aromatic rings. The van der Waals surface area contributed by atoms with Crippen LogP contribution in [0.25, 0.3) is 0 Å². The Balaban J connectivity index is 2.95. The fourth-order valence-corrected chi connectivity index (χ4v) is 1.83. The third-order valence-corrected chi connectivity index (χ3v) is 2.97. The van der Waals surface area contributed by atoms with Gasteiger partial charge in [-0.1, -0.05) is 0 Å². The standard InChI is InChI=1S/C15H20O4/c1-9(2)19-14-7-5-12(10(3)11(14)4)13(16)6-8-15(17)18/h5,7,9H,6,8H2,1-4H3,(H,17,18). The van der Waals surface area contributed by atoms with Crippen molar-refractivity contribution in [3.8, 4) is 5.75 Å². The summed E-state index contributed by atoms with van der Waals surface area (Å²) < 4.78 is 5.65. The zero-order valence-corrected chi connectivity index (χ0v) is 11.8. The number of hydrogen-bond acceptors (Lipinski definition) is 3. The highest BCUT2D eigenvalue weighted by Gasteiger charge is 2.15. The van der Waals surface area contributed by atoms with E-state index in [-0.39, 0.29) is 24.7 Å². The minimum atomic E-state index is -0.956. The maximum Gasteiger partial charge on any atom is 0.303 e. The van der Waals surface area contributed by atoms with E-state index < -0.39 is 5.97 Å². The summed E-state index contributed by atoms with van der Waals surface area (Å²) in [4.78, 5) is 22.4. The zero-order valence-electron chi connectivity index (χ0n) is 11.8. The molecular formula is C15H20O4. The Morgan fingerprint density at radius 3 is 2.32 bits per heavy atom. The quantitative estimate of drug-likeness (QED) is 0.802. The van der Waals surface area contributed by atoms with Gasteiger partial charge in [-0.2, -0.15) is 0 Å². The van der Waals surface area contributed by atoms with Crippen LogP contribution in [0.1, 0.15) is 48.2 Å². The molecule has 0 unspecified atom stereocenters. The Hall–Kier alpha value is -1.84. The number of rotatable bonds is 6. The van der Waals surface area contributed by atoms with E-state index >= 15 is 0 Å². The van der Waals surface area contributed by atoms with E-state index in [1.807, 2.05) is 27.7 Å². The molecule has 0 aliphatic heterocycles. The molecular weight excluding hydrogens is 244 g/mol. The Morgan fingerprint density at radius 2 is 1.79 bits per heavy atom. The van der Waals surface area contributed by atoms with Gasteiger partial charge < -0.3 is 9.84 Å².